The number of rotatable bonds is 5. The van der Waals surface area contributed by atoms with Crippen LogP contribution in [0, 0.1) is 20.8 Å². The summed E-state index contributed by atoms with van der Waals surface area (Å²) >= 11 is 1.29. The second kappa shape index (κ2) is 8.22. The van der Waals surface area contributed by atoms with Gasteiger partial charge >= 0.3 is 0 Å². The number of nitrogens with zero attached hydrogens (tertiary/aromatic N) is 2. The van der Waals surface area contributed by atoms with Gasteiger partial charge in [-0.05, 0) is 49.6 Å². The number of nitrogens with two attached hydrogens (primary N) is 1. The number of carbonyl (C=O) groups excluding carboxylic acids is 1. The van der Waals surface area contributed by atoms with E-state index in [-0.39, 0.29) is 5.91 Å². The van der Waals surface area contributed by atoms with E-state index in [1.807, 2.05) is 63.2 Å². The molecule has 0 bridgehead atoms. The van der Waals surface area contributed by atoms with Crippen LogP contribution in [0.5, 0.6) is 0 Å². The van der Waals surface area contributed by atoms with Crippen molar-refractivity contribution in [1.29, 1.82) is 0 Å². The van der Waals surface area contributed by atoms with E-state index in [9.17, 15) is 4.79 Å². The first-order valence-corrected chi connectivity index (χ1v) is 9.50. The second-order valence-electron chi connectivity index (χ2n) is 6.49. The molecule has 1 heterocycles. The van der Waals surface area contributed by atoms with Crippen molar-refractivity contribution in [3.63, 3.8) is 0 Å². The number of thioether (sulfide) groups is 1. The van der Waals surface area contributed by atoms with Gasteiger partial charge in [-0.15, -0.1) is 0 Å². The summed E-state index contributed by atoms with van der Waals surface area (Å²) in [6, 6.07) is 17.3. The molecule has 27 heavy (non-hydrogen) atoms. The Morgan fingerprint density at radius 1 is 1.00 bits per heavy atom. The van der Waals surface area contributed by atoms with Crippen LogP contribution in [0.3, 0.4) is 0 Å². The first kappa shape index (κ1) is 18.9. The number of aromatic nitrogens is 2. The Kier molecular flexibility index (Phi) is 5.76. The molecular weight excluding hydrogens is 356 g/mol. The monoisotopic (exact) mass is 378 g/mol. The molecule has 3 rings (SSSR count). The fourth-order valence-electron chi connectivity index (χ4n) is 2.88. The summed E-state index contributed by atoms with van der Waals surface area (Å²) in [6.45, 7) is 5.88. The standard InChI is InChI=1S/C21H22N4OS/c1-13-9-14(2)11-17(10-13)24-20(26)19(16-7-5-4-6-8-16)27-21-23-15(3)12-18(22)25-21/h4-12,19H,1-3H3,(H,24,26)(H2,22,23,25). The first-order valence-electron chi connectivity index (χ1n) is 8.62. The number of benzene rings is 2. The highest BCUT2D eigenvalue weighted by Crippen LogP contribution is 2.35. The van der Waals surface area contributed by atoms with Crippen LogP contribution in [0.25, 0.3) is 0 Å². The molecule has 0 aliphatic heterocycles. The van der Waals surface area contributed by atoms with E-state index in [0.717, 1.165) is 28.1 Å². The third kappa shape index (κ3) is 5.08. The third-order valence-electron chi connectivity index (χ3n) is 3.91. The fourth-order valence-corrected chi connectivity index (χ4v) is 3.90. The van der Waals surface area contributed by atoms with Gasteiger partial charge in [0, 0.05) is 17.4 Å². The van der Waals surface area contributed by atoms with Crippen molar-refractivity contribution in [2.24, 2.45) is 0 Å². The van der Waals surface area contributed by atoms with Gasteiger partial charge in [0.1, 0.15) is 11.1 Å². The van der Waals surface area contributed by atoms with Gasteiger partial charge in [-0.25, -0.2) is 9.97 Å². The molecule has 0 saturated heterocycles. The zero-order valence-corrected chi connectivity index (χ0v) is 16.4. The summed E-state index contributed by atoms with van der Waals surface area (Å²) in [5.74, 6) is 0.270. The highest BCUT2D eigenvalue weighted by Gasteiger charge is 2.24. The van der Waals surface area contributed by atoms with Crippen LogP contribution in [-0.2, 0) is 4.79 Å². The van der Waals surface area contributed by atoms with E-state index in [2.05, 4.69) is 21.4 Å². The molecule has 3 aromatic rings. The number of hydrogen-bond donors (Lipinski definition) is 2. The van der Waals surface area contributed by atoms with E-state index >= 15 is 0 Å². The van der Waals surface area contributed by atoms with Crippen molar-refractivity contribution in [2.75, 3.05) is 11.1 Å². The quantitative estimate of drug-likeness (QED) is 0.506. The number of aryl methyl sites for hydroxylation is 3. The molecule has 0 fully saturated rings. The van der Waals surface area contributed by atoms with E-state index in [1.165, 1.54) is 11.8 Å². The molecule has 6 heteroatoms. The maximum Gasteiger partial charge on any atom is 0.242 e. The minimum Gasteiger partial charge on any atom is -0.384 e. The van der Waals surface area contributed by atoms with Crippen LogP contribution in [0.4, 0.5) is 11.5 Å². The Labute approximate surface area is 163 Å². The van der Waals surface area contributed by atoms with Crippen LogP contribution in [0.15, 0.2) is 59.8 Å². The summed E-state index contributed by atoms with van der Waals surface area (Å²) < 4.78 is 0. The Bertz CT molecular complexity index is 919. The van der Waals surface area contributed by atoms with E-state index in [0.29, 0.717) is 11.0 Å². The number of nitrogen functional groups attached to an aromatic ring is 1. The van der Waals surface area contributed by atoms with E-state index < -0.39 is 5.25 Å². The lowest BCUT2D eigenvalue weighted by Crippen LogP contribution is -2.19. The lowest BCUT2D eigenvalue weighted by atomic mass is 10.1. The van der Waals surface area contributed by atoms with Crippen LogP contribution >= 0.6 is 11.8 Å². The zero-order chi connectivity index (χ0) is 19.4. The minimum absolute atomic E-state index is 0.125. The molecule has 1 unspecified atom stereocenters. The van der Waals surface area contributed by atoms with Crippen molar-refractivity contribution in [3.8, 4) is 0 Å². The van der Waals surface area contributed by atoms with Gasteiger partial charge in [0.15, 0.2) is 5.16 Å². The summed E-state index contributed by atoms with van der Waals surface area (Å²) in [5.41, 5.74) is 10.5. The smallest absolute Gasteiger partial charge is 0.242 e. The molecule has 5 nitrogen and oxygen atoms in total. The second-order valence-corrected chi connectivity index (χ2v) is 7.56. The van der Waals surface area contributed by atoms with Crippen LogP contribution in [0.1, 0.15) is 27.6 Å². The molecule has 0 aliphatic carbocycles. The number of nitrogens with one attached hydrogen (secondary N) is 1. The van der Waals surface area contributed by atoms with Gasteiger partial charge < -0.3 is 11.1 Å². The molecule has 2 aromatic carbocycles. The largest absolute Gasteiger partial charge is 0.384 e. The molecular formula is C21H22N4OS. The van der Waals surface area contributed by atoms with Crippen molar-refractivity contribution < 1.29 is 4.79 Å². The Morgan fingerprint density at radius 2 is 1.67 bits per heavy atom. The summed E-state index contributed by atoms with van der Waals surface area (Å²) in [5, 5.41) is 3.02. The van der Waals surface area contributed by atoms with Gasteiger partial charge in [-0.3, -0.25) is 4.79 Å². The molecule has 1 amide bonds. The molecule has 0 saturated carbocycles. The Hall–Kier alpha value is -2.86. The molecule has 138 valence electrons. The predicted octanol–water partition coefficient (Wildman–Crippen LogP) is 4.46. The zero-order valence-electron chi connectivity index (χ0n) is 15.6. The fraction of sp³-hybridized carbons (Fsp3) is 0.190. The van der Waals surface area contributed by atoms with Crippen LogP contribution in [-0.4, -0.2) is 15.9 Å². The predicted molar refractivity (Wildman–Crippen MR) is 111 cm³/mol. The third-order valence-corrected chi connectivity index (χ3v) is 5.02. The van der Waals surface area contributed by atoms with Gasteiger partial charge in [0.2, 0.25) is 5.91 Å². The van der Waals surface area contributed by atoms with Crippen LogP contribution < -0.4 is 11.1 Å². The highest BCUT2D eigenvalue weighted by molar-refractivity contribution is 8.00. The van der Waals surface area contributed by atoms with Gasteiger partial charge in [0.05, 0.1) is 0 Å². The van der Waals surface area contributed by atoms with Gasteiger partial charge in [0.25, 0.3) is 0 Å². The Balaban J connectivity index is 1.90. The lowest BCUT2D eigenvalue weighted by Gasteiger charge is -2.17. The summed E-state index contributed by atoms with van der Waals surface area (Å²) in [6.07, 6.45) is 0. The molecule has 1 atom stereocenters. The normalized spacial score (nSPS) is 11.8. The van der Waals surface area contributed by atoms with Crippen molar-refractivity contribution in [1.82, 2.24) is 9.97 Å². The van der Waals surface area contributed by atoms with Gasteiger partial charge in [-0.1, -0.05) is 48.2 Å². The Morgan fingerprint density at radius 3 is 2.30 bits per heavy atom. The van der Waals surface area contributed by atoms with E-state index in [1.54, 1.807) is 6.07 Å². The highest BCUT2D eigenvalue weighted by atomic mass is 32.2. The van der Waals surface area contributed by atoms with Crippen molar-refractivity contribution in [3.05, 3.63) is 77.0 Å². The summed E-state index contributed by atoms with van der Waals surface area (Å²) in [7, 11) is 0. The first-order chi connectivity index (χ1) is 12.9. The number of carbonyl (C=O) groups is 1. The number of anilines is 2. The maximum atomic E-state index is 13.1. The van der Waals surface area contributed by atoms with Gasteiger partial charge in [-0.2, -0.15) is 0 Å². The summed E-state index contributed by atoms with van der Waals surface area (Å²) in [4.78, 5) is 21.8. The maximum absolute atomic E-state index is 13.1. The molecule has 0 spiro atoms. The molecule has 1 aromatic heterocycles. The minimum atomic E-state index is -0.492. The average molecular weight is 379 g/mol. The molecule has 3 N–H and O–H groups in total. The number of hydrogen-bond acceptors (Lipinski definition) is 5. The van der Waals surface area contributed by atoms with E-state index in [4.69, 9.17) is 5.73 Å². The molecule has 0 radical (unpaired) electrons. The van der Waals surface area contributed by atoms with Crippen molar-refractivity contribution >= 4 is 29.2 Å². The lowest BCUT2D eigenvalue weighted by molar-refractivity contribution is -0.115. The SMILES string of the molecule is Cc1cc(C)cc(NC(=O)C(Sc2nc(C)cc(N)n2)c2ccccc2)c1. The molecule has 0 aliphatic rings. The average Bonchev–Trinajstić information content (AvgIpc) is 2.58. The van der Waals surface area contributed by atoms with Crippen molar-refractivity contribution in [2.45, 2.75) is 31.2 Å². The number of amides is 1. The topological polar surface area (TPSA) is 80.9 Å². The van der Waals surface area contributed by atoms with Crippen LogP contribution in [0.2, 0.25) is 0 Å².